The van der Waals surface area contributed by atoms with Crippen LogP contribution >= 0.6 is 0 Å². The molecular formula is C14H18O3. The van der Waals surface area contributed by atoms with Crippen molar-refractivity contribution >= 4 is 11.8 Å². The van der Waals surface area contributed by atoms with Gasteiger partial charge in [0.1, 0.15) is 11.7 Å². The molecule has 0 aliphatic rings. The molecule has 0 N–H and O–H groups in total. The molecule has 0 amide bonds. The average molecular weight is 234 g/mol. The summed E-state index contributed by atoms with van der Waals surface area (Å²) in [6.45, 7) is 3.65. The molecule has 92 valence electrons. The zero-order valence-corrected chi connectivity index (χ0v) is 10.3. The Bertz CT molecular complexity index is 370. The lowest BCUT2D eigenvalue weighted by Crippen LogP contribution is -2.23. The van der Waals surface area contributed by atoms with E-state index in [4.69, 9.17) is 4.74 Å². The van der Waals surface area contributed by atoms with Crippen LogP contribution in [0.5, 0.6) is 0 Å². The zero-order valence-electron chi connectivity index (χ0n) is 10.3. The first-order chi connectivity index (χ1) is 8.15. The van der Waals surface area contributed by atoms with Crippen molar-refractivity contribution in [3.8, 4) is 0 Å². The average Bonchev–Trinajstić information content (AvgIpc) is 2.36. The van der Waals surface area contributed by atoms with Gasteiger partial charge in [-0.15, -0.1) is 0 Å². The summed E-state index contributed by atoms with van der Waals surface area (Å²) in [6, 6.07) is 9.76. The third-order valence-corrected chi connectivity index (χ3v) is 2.63. The zero-order chi connectivity index (χ0) is 12.7. The Kier molecular flexibility index (Phi) is 5.40. The van der Waals surface area contributed by atoms with Gasteiger partial charge >= 0.3 is 5.97 Å². The SMILES string of the molecule is CCOC(=O)C(C)C(=O)CCc1ccccc1. The third kappa shape index (κ3) is 4.39. The van der Waals surface area contributed by atoms with E-state index in [2.05, 4.69) is 0 Å². The number of carbonyl (C=O) groups is 2. The molecule has 1 aromatic rings. The molecule has 17 heavy (non-hydrogen) atoms. The molecule has 0 fully saturated rings. The number of esters is 1. The van der Waals surface area contributed by atoms with E-state index in [1.165, 1.54) is 0 Å². The van der Waals surface area contributed by atoms with Crippen molar-refractivity contribution in [1.82, 2.24) is 0 Å². The summed E-state index contributed by atoms with van der Waals surface area (Å²) in [4.78, 5) is 23.1. The van der Waals surface area contributed by atoms with Crippen molar-refractivity contribution in [3.05, 3.63) is 35.9 Å². The molecule has 0 aliphatic heterocycles. The second kappa shape index (κ2) is 6.84. The lowest BCUT2D eigenvalue weighted by atomic mass is 10.00. The van der Waals surface area contributed by atoms with Gasteiger partial charge in [-0.3, -0.25) is 9.59 Å². The number of benzene rings is 1. The highest BCUT2D eigenvalue weighted by atomic mass is 16.5. The van der Waals surface area contributed by atoms with Crippen LogP contribution < -0.4 is 0 Å². The molecule has 0 aromatic heterocycles. The molecule has 0 heterocycles. The Balaban J connectivity index is 2.42. The molecule has 1 aromatic carbocycles. The first-order valence-corrected chi connectivity index (χ1v) is 5.88. The predicted octanol–water partition coefficient (Wildman–Crippen LogP) is 2.39. The molecule has 1 atom stereocenters. The van der Waals surface area contributed by atoms with E-state index in [0.29, 0.717) is 19.4 Å². The standard InChI is InChI=1S/C14H18O3/c1-3-17-14(16)11(2)13(15)10-9-12-7-5-4-6-8-12/h4-8,11H,3,9-10H2,1-2H3. The van der Waals surface area contributed by atoms with E-state index in [1.807, 2.05) is 30.3 Å². The van der Waals surface area contributed by atoms with Crippen LogP contribution in [0.3, 0.4) is 0 Å². The topological polar surface area (TPSA) is 43.4 Å². The minimum absolute atomic E-state index is 0.0627. The maximum absolute atomic E-state index is 11.7. The molecule has 3 nitrogen and oxygen atoms in total. The van der Waals surface area contributed by atoms with Gasteiger partial charge in [0.25, 0.3) is 0 Å². The smallest absolute Gasteiger partial charge is 0.316 e. The number of ether oxygens (including phenoxy) is 1. The second-order valence-electron chi connectivity index (χ2n) is 3.93. The Morgan fingerprint density at radius 2 is 1.88 bits per heavy atom. The largest absolute Gasteiger partial charge is 0.465 e. The van der Waals surface area contributed by atoms with Gasteiger partial charge < -0.3 is 4.74 Å². The highest BCUT2D eigenvalue weighted by Crippen LogP contribution is 2.08. The molecule has 0 saturated heterocycles. The summed E-state index contributed by atoms with van der Waals surface area (Å²) in [5, 5.41) is 0. The maximum atomic E-state index is 11.7. The van der Waals surface area contributed by atoms with Gasteiger partial charge in [0, 0.05) is 6.42 Å². The minimum atomic E-state index is -0.654. The number of Topliss-reactive ketones (excluding diaryl/α,β-unsaturated/α-hetero) is 1. The van der Waals surface area contributed by atoms with Gasteiger partial charge in [0.2, 0.25) is 0 Å². The number of hydrogen-bond acceptors (Lipinski definition) is 3. The van der Waals surface area contributed by atoms with Crippen molar-refractivity contribution in [3.63, 3.8) is 0 Å². The van der Waals surface area contributed by atoms with Crippen molar-refractivity contribution in [2.24, 2.45) is 5.92 Å². The van der Waals surface area contributed by atoms with Crippen LogP contribution in [0.2, 0.25) is 0 Å². The predicted molar refractivity (Wildman–Crippen MR) is 65.6 cm³/mol. The van der Waals surface area contributed by atoms with E-state index < -0.39 is 11.9 Å². The van der Waals surface area contributed by atoms with Crippen molar-refractivity contribution in [2.45, 2.75) is 26.7 Å². The normalized spacial score (nSPS) is 11.9. The van der Waals surface area contributed by atoms with Crippen LogP contribution in [0.25, 0.3) is 0 Å². The van der Waals surface area contributed by atoms with Crippen LogP contribution in [0, 0.1) is 5.92 Å². The number of hydrogen-bond donors (Lipinski definition) is 0. The van der Waals surface area contributed by atoms with Crippen LogP contribution in [0.15, 0.2) is 30.3 Å². The van der Waals surface area contributed by atoms with Crippen LogP contribution in [0.1, 0.15) is 25.8 Å². The highest BCUT2D eigenvalue weighted by Gasteiger charge is 2.21. The van der Waals surface area contributed by atoms with Crippen LogP contribution in [-0.4, -0.2) is 18.4 Å². The monoisotopic (exact) mass is 234 g/mol. The maximum Gasteiger partial charge on any atom is 0.316 e. The fourth-order valence-corrected chi connectivity index (χ4v) is 1.53. The van der Waals surface area contributed by atoms with E-state index in [0.717, 1.165) is 5.56 Å². The van der Waals surface area contributed by atoms with Gasteiger partial charge in [-0.05, 0) is 25.8 Å². The number of carbonyl (C=O) groups excluding carboxylic acids is 2. The quantitative estimate of drug-likeness (QED) is 0.560. The summed E-state index contributed by atoms with van der Waals surface area (Å²) in [5.41, 5.74) is 1.11. The second-order valence-corrected chi connectivity index (χ2v) is 3.93. The Morgan fingerprint density at radius 3 is 2.47 bits per heavy atom. The molecule has 1 unspecified atom stereocenters. The first kappa shape index (κ1) is 13.4. The fourth-order valence-electron chi connectivity index (χ4n) is 1.53. The minimum Gasteiger partial charge on any atom is -0.465 e. The van der Waals surface area contributed by atoms with Crippen molar-refractivity contribution in [2.75, 3.05) is 6.61 Å². The van der Waals surface area contributed by atoms with E-state index >= 15 is 0 Å². The fraction of sp³-hybridized carbons (Fsp3) is 0.429. The van der Waals surface area contributed by atoms with Crippen molar-refractivity contribution in [1.29, 1.82) is 0 Å². The van der Waals surface area contributed by atoms with Crippen LogP contribution in [0.4, 0.5) is 0 Å². The molecular weight excluding hydrogens is 216 g/mol. The summed E-state index contributed by atoms with van der Waals surface area (Å²) < 4.78 is 4.82. The Hall–Kier alpha value is -1.64. The number of rotatable bonds is 6. The van der Waals surface area contributed by atoms with Gasteiger partial charge in [0.15, 0.2) is 0 Å². The molecule has 1 rings (SSSR count). The summed E-state index contributed by atoms with van der Waals surface area (Å²) in [6.07, 6.45) is 1.05. The van der Waals surface area contributed by atoms with E-state index in [9.17, 15) is 9.59 Å². The summed E-state index contributed by atoms with van der Waals surface area (Å²) in [7, 11) is 0. The van der Waals surface area contributed by atoms with Gasteiger partial charge in [0.05, 0.1) is 6.61 Å². The molecule has 0 saturated carbocycles. The van der Waals surface area contributed by atoms with Crippen LogP contribution in [-0.2, 0) is 20.7 Å². The summed E-state index contributed by atoms with van der Waals surface area (Å²) >= 11 is 0. The lowest BCUT2D eigenvalue weighted by molar-refractivity contribution is -0.150. The molecule has 0 bridgehead atoms. The van der Waals surface area contributed by atoms with Crippen molar-refractivity contribution < 1.29 is 14.3 Å². The molecule has 0 aliphatic carbocycles. The Labute approximate surface area is 102 Å². The van der Waals surface area contributed by atoms with E-state index in [1.54, 1.807) is 13.8 Å². The molecule has 0 spiro atoms. The molecule has 3 heteroatoms. The number of aryl methyl sites for hydroxylation is 1. The van der Waals surface area contributed by atoms with Gasteiger partial charge in [-0.2, -0.15) is 0 Å². The number of ketones is 1. The van der Waals surface area contributed by atoms with E-state index in [-0.39, 0.29) is 5.78 Å². The lowest BCUT2D eigenvalue weighted by Gasteiger charge is -2.09. The molecule has 0 radical (unpaired) electrons. The highest BCUT2D eigenvalue weighted by molar-refractivity contribution is 5.98. The summed E-state index contributed by atoms with van der Waals surface area (Å²) in [5.74, 6) is -1.14. The third-order valence-electron chi connectivity index (χ3n) is 2.63. The van der Waals surface area contributed by atoms with Gasteiger partial charge in [-0.1, -0.05) is 30.3 Å². The van der Waals surface area contributed by atoms with Gasteiger partial charge in [-0.25, -0.2) is 0 Å². The first-order valence-electron chi connectivity index (χ1n) is 5.88. The Morgan fingerprint density at radius 1 is 1.24 bits per heavy atom.